The summed E-state index contributed by atoms with van der Waals surface area (Å²) in [7, 11) is 0. The molecule has 0 radical (unpaired) electrons. The summed E-state index contributed by atoms with van der Waals surface area (Å²) in [5, 5.41) is 5.78. The molecule has 0 aromatic heterocycles. The molecule has 0 aliphatic carbocycles. The van der Waals surface area contributed by atoms with Crippen molar-refractivity contribution in [2.75, 3.05) is 11.9 Å². The van der Waals surface area contributed by atoms with E-state index in [0.717, 1.165) is 37.6 Å². The van der Waals surface area contributed by atoms with Crippen molar-refractivity contribution in [3.63, 3.8) is 0 Å². The lowest BCUT2D eigenvalue weighted by Crippen LogP contribution is -2.44. The lowest BCUT2D eigenvalue weighted by atomic mass is 9.91. The van der Waals surface area contributed by atoms with Gasteiger partial charge in [-0.15, -0.1) is 0 Å². The van der Waals surface area contributed by atoms with Gasteiger partial charge in [-0.2, -0.15) is 0 Å². The minimum atomic E-state index is -0.694. The number of halogens is 2. The Morgan fingerprint density at radius 1 is 1.33 bits per heavy atom. The van der Waals surface area contributed by atoms with Crippen LogP contribution in [-0.4, -0.2) is 18.5 Å². The van der Waals surface area contributed by atoms with Gasteiger partial charge in [0.1, 0.15) is 11.6 Å². The number of amides is 1. The van der Waals surface area contributed by atoms with Gasteiger partial charge in [0.2, 0.25) is 5.91 Å². The van der Waals surface area contributed by atoms with E-state index in [0.29, 0.717) is 0 Å². The topological polar surface area (TPSA) is 41.1 Å². The molecule has 0 saturated carbocycles. The van der Waals surface area contributed by atoms with Crippen LogP contribution < -0.4 is 10.6 Å². The molecule has 1 fully saturated rings. The number of benzene rings is 1. The maximum atomic E-state index is 13.0. The van der Waals surface area contributed by atoms with Gasteiger partial charge in [-0.25, -0.2) is 8.78 Å². The van der Waals surface area contributed by atoms with Gasteiger partial charge in [0.05, 0.1) is 5.92 Å². The van der Waals surface area contributed by atoms with E-state index in [1.807, 2.05) is 6.92 Å². The first-order chi connectivity index (χ1) is 8.56. The van der Waals surface area contributed by atoms with Crippen molar-refractivity contribution in [1.29, 1.82) is 0 Å². The van der Waals surface area contributed by atoms with Gasteiger partial charge in [0, 0.05) is 17.8 Å². The fraction of sp³-hybridized carbons (Fsp3) is 0.462. The standard InChI is InChI=1S/C13H16F2N2O/c1-8-12(3-2-4-16-8)13(18)17-11-6-9(14)5-10(15)7-11/h5-8,12,16H,2-4H2,1H3,(H,17,18). The first-order valence-electron chi connectivity index (χ1n) is 6.06. The highest BCUT2D eigenvalue weighted by Gasteiger charge is 2.27. The van der Waals surface area contributed by atoms with Crippen LogP contribution in [0.4, 0.5) is 14.5 Å². The van der Waals surface area contributed by atoms with Crippen LogP contribution in [0.25, 0.3) is 0 Å². The van der Waals surface area contributed by atoms with Gasteiger partial charge >= 0.3 is 0 Å². The third-order valence-corrected chi connectivity index (χ3v) is 3.23. The van der Waals surface area contributed by atoms with Crippen molar-refractivity contribution in [2.24, 2.45) is 5.92 Å². The van der Waals surface area contributed by atoms with Crippen LogP contribution in [-0.2, 0) is 4.79 Å². The summed E-state index contributed by atoms with van der Waals surface area (Å²) in [6.45, 7) is 2.84. The van der Waals surface area contributed by atoms with Crippen LogP contribution in [0.15, 0.2) is 18.2 Å². The Morgan fingerprint density at radius 3 is 2.61 bits per heavy atom. The molecule has 1 heterocycles. The molecular formula is C13H16F2N2O. The normalized spacial score (nSPS) is 23.7. The van der Waals surface area contributed by atoms with Gasteiger partial charge in [-0.05, 0) is 38.4 Å². The van der Waals surface area contributed by atoms with Crippen molar-refractivity contribution >= 4 is 11.6 Å². The first kappa shape index (κ1) is 13.0. The van der Waals surface area contributed by atoms with Crippen LogP contribution in [0, 0.1) is 17.6 Å². The SMILES string of the molecule is CC1NCCCC1C(=O)Nc1cc(F)cc(F)c1. The predicted octanol–water partition coefficient (Wildman–Crippen LogP) is 2.29. The van der Waals surface area contributed by atoms with Gasteiger partial charge in [0.15, 0.2) is 0 Å². The molecule has 2 N–H and O–H groups in total. The number of carbonyl (C=O) groups is 1. The monoisotopic (exact) mass is 254 g/mol. The highest BCUT2D eigenvalue weighted by Crippen LogP contribution is 2.20. The zero-order valence-corrected chi connectivity index (χ0v) is 10.2. The highest BCUT2D eigenvalue weighted by molar-refractivity contribution is 5.93. The van der Waals surface area contributed by atoms with Crippen molar-refractivity contribution < 1.29 is 13.6 Å². The first-order valence-corrected chi connectivity index (χ1v) is 6.06. The number of hydrogen-bond acceptors (Lipinski definition) is 2. The van der Waals surface area contributed by atoms with Crippen LogP contribution in [0.1, 0.15) is 19.8 Å². The Hall–Kier alpha value is -1.49. The molecule has 1 aromatic carbocycles. The number of rotatable bonds is 2. The molecule has 1 aromatic rings. The quantitative estimate of drug-likeness (QED) is 0.850. The summed E-state index contributed by atoms with van der Waals surface area (Å²) in [4.78, 5) is 12.0. The van der Waals surface area contributed by atoms with Crippen molar-refractivity contribution in [3.05, 3.63) is 29.8 Å². The Balaban J connectivity index is 2.06. The van der Waals surface area contributed by atoms with E-state index in [1.165, 1.54) is 0 Å². The van der Waals surface area contributed by atoms with E-state index in [4.69, 9.17) is 0 Å². The second-order valence-electron chi connectivity index (χ2n) is 4.64. The lowest BCUT2D eigenvalue weighted by molar-refractivity contribution is -0.121. The average molecular weight is 254 g/mol. The molecule has 2 rings (SSSR count). The molecule has 2 unspecified atom stereocenters. The van der Waals surface area contributed by atoms with E-state index in [9.17, 15) is 13.6 Å². The number of nitrogens with one attached hydrogen (secondary N) is 2. The largest absolute Gasteiger partial charge is 0.326 e. The maximum absolute atomic E-state index is 13.0. The molecule has 2 atom stereocenters. The number of anilines is 1. The summed E-state index contributed by atoms with van der Waals surface area (Å²) in [5.41, 5.74) is 0.162. The van der Waals surface area contributed by atoms with Gasteiger partial charge < -0.3 is 10.6 Å². The minimum Gasteiger partial charge on any atom is -0.326 e. The Kier molecular flexibility index (Phi) is 3.91. The molecular weight excluding hydrogens is 238 g/mol. The molecule has 0 spiro atoms. The summed E-state index contributed by atoms with van der Waals surface area (Å²) >= 11 is 0. The Labute approximate surface area is 105 Å². The molecule has 1 saturated heterocycles. The summed E-state index contributed by atoms with van der Waals surface area (Å²) < 4.78 is 26.0. The number of piperidine rings is 1. The molecule has 98 valence electrons. The lowest BCUT2D eigenvalue weighted by Gasteiger charge is -2.28. The minimum absolute atomic E-state index is 0.0807. The van der Waals surface area contributed by atoms with Crippen LogP contribution in [0.5, 0.6) is 0 Å². The highest BCUT2D eigenvalue weighted by atomic mass is 19.1. The summed E-state index contributed by atoms with van der Waals surface area (Å²) in [5.74, 6) is -1.75. The fourth-order valence-electron chi connectivity index (χ4n) is 2.26. The molecule has 0 bridgehead atoms. The van der Waals surface area contributed by atoms with Crippen molar-refractivity contribution in [2.45, 2.75) is 25.8 Å². The zero-order valence-electron chi connectivity index (χ0n) is 10.2. The van der Waals surface area contributed by atoms with Crippen molar-refractivity contribution in [1.82, 2.24) is 5.32 Å². The van der Waals surface area contributed by atoms with E-state index in [1.54, 1.807) is 0 Å². The molecule has 1 aliphatic heterocycles. The second-order valence-corrected chi connectivity index (χ2v) is 4.64. The Morgan fingerprint density at radius 2 is 2.00 bits per heavy atom. The third-order valence-electron chi connectivity index (χ3n) is 3.23. The third kappa shape index (κ3) is 3.04. The average Bonchev–Trinajstić information content (AvgIpc) is 2.27. The van der Waals surface area contributed by atoms with Crippen LogP contribution in [0.3, 0.4) is 0 Å². The number of carbonyl (C=O) groups excluding carboxylic acids is 1. The maximum Gasteiger partial charge on any atom is 0.229 e. The van der Waals surface area contributed by atoms with Gasteiger partial charge in [-0.1, -0.05) is 0 Å². The zero-order chi connectivity index (χ0) is 13.1. The molecule has 1 amide bonds. The molecule has 18 heavy (non-hydrogen) atoms. The molecule has 1 aliphatic rings. The van der Waals surface area contributed by atoms with E-state index in [2.05, 4.69) is 10.6 Å². The summed E-state index contributed by atoms with van der Waals surface area (Å²) in [6, 6.07) is 3.08. The van der Waals surface area contributed by atoms with E-state index >= 15 is 0 Å². The second kappa shape index (κ2) is 5.44. The van der Waals surface area contributed by atoms with Crippen LogP contribution in [0.2, 0.25) is 0 Å². The van der Waals surface area contributed by atoms with E-state index < -0.39 is 11.6 Å². The fourth-order valence-corrected chi connectivity index (χ4v) is 2.26. The molecule has 5 heteroatoms. The molecule has 3 nitrogen and oxygen atoms in total. The smallest absolute Gasteiger partial charge is 0.229 e. The van der Waals surface area contributed by atoms with Gasteiger partial charge in [-0.3, -0.25) is 4.79 Å². The predicted molar refractivity (Wildman–Crippen MR) is 65.2 cm³/mol. The van der Waals surface area contributed by atoms with E-state index in [-0.39, 0.29) is 23.6 Å². The van der Waals surface area contributed by atoms with Gasteiger partial charge in [0.25, 0.3) is 0 Å². The van der Waals surface area contributed by atoms with Crippen LogP contribution >= 0.6 is 0 Å². The Bertz CT molecular complexity index is 430. The summed E-state index contributed by atoms with van der Waals surface area (Å²) in [6.07, 6.45) is 1.72. The number of hydrogen-bond donors (Lipinski definition) is 2. The van der Waals surface area contributed by atoms with Crippen molar-refractivity contribution in [3.8, 4) is 0 Å².